The van der Waals surface area contributed by atoms with Crippen molar-refractivity contribution >= 4 is 23.6 Å². The molecule has 19 heavy (non-hydrogen) atoms. The summed E-state index contributed by atoms with van der Waals surface area (Å²) in [5.41, 5.74) is 1.15. The molecular formula is C14H19NO3S. The molecule has 0 spiro atoms. The third-order valence-electron chi connectivity index (χ3n) is 2.77. The third kappa shape index (κ3) is 5.34. The van der Waals surface area contributed by atoms with Gasteiger partial charge in [-0.25, -0.2) is 0 Å². The van der Waals surface area contributed by atoms with Crippen molar-refractivity contribution in [2.45, 2.75) is 25.2 Å². The molecule has 104 valence electrons. The predicted octanol–water partition coefficient (Wildman–Crippen LogP) is 2.41. The molecule has 5 heteroatoms. The molecule has 0 radical (unpaired) electrons. The minimum Gasteiger partial charge on any atom is -0.481 e. The molecule has 0 bridgehead atoms. The van der Waals surface area contributed by atoms with Crippen LogP contribution >= 0.6 is 11.8 Å². The quantitative estimate of drug-likeness (QED) is 0.780. The summed E-state index contributed by atoms with van der Waals surface area (Å²) < 4.78 is 0. The Hall–Kier alpha value is -1.49. The fourth-order valence-corrected chi connectivity index (χ4v) is 2.57. The molecule has 0 saturated carbocycles. The van der Waals surface area contributed by atoms with E-state index in [2.05, 4.69) is 0 Å². The number of carboxylic acids is 1. The van der Waals surface area contributed by atoms with Gasteiger partial charge >= 0.3 is 5.97 Å². The molecule has 4 nitrogen and oxygen atoms in total. The van der Waals surface area contributed by atoms with Crippen molar-refractivity contribution in [3.05, 3.63) is 29.8 Å². The average Bonchev–Trinajstić information content (AvgIpc) is 2.38. The van der Waals surface area contributed by atoms with Gasteiger partial charge in [-0.05, 0) is 25.5 Å². The number of carbonyl (C=O) groups is 2. The Bertz CT molecular complexity index is 448. The highest BCUT2D eigenvalue weighted by Gasteiger charge is 2.13. The first kappa shape index (κ1) is 15.6. The highest BCUT2D eigenvalue weighted by Crippen LogP contribution is 2.21. The minimum atomic E-state index is -0.877. The molecule has 0 aliphatic heterocycles. The lowest BCUT2D eigenvalue weighted by atomic mass is 10.2. The second-order valence-electron chi connectivity index (χ2n) is 4.17. The van der Waals surface area contributed by atoms with Gasteiger partial charge in [0.1, 0.15) is 0 Å². The maximum Gasteiger partial charge on any atom is 0.305 e. The normalized spacial score (nSPS) is 10.2. The molecule has 1 aromatic carbocycles. The van der Waals surface area contributed by atoms with Gasteiger partial charge in [0.05, 0.1) is 12.2 Å². The zero-order valence-corrected chi connectivity index (χ0v) is 12.1. The minimum absolute atomic E-state index is 0.00535. The summed E-state index contributed by atoms with van der Waals surface area (Å²) in [5, 5.41) is 8.64. The summed E-state index contributed by atoms with van der Waals surface area (Å²) in [6, 6.07) is 7.91. The highest BCUT2D eigenvalue weighted by molar-refractivity contribution is 8.00. The monoisotopic (exact) mass is 281 g/mol. The van der Waals surface area contributed by atoms with Gasteiger partial charge in [0.15, 0.2) is 0 Å². The Morgan fingerprint density at radius 2 is 2.00 bits per heavy atom. The van der Waals surface area contributed by atoms with E-state index in [1.54, 1.807) is 4.90 Å². The van der Waals surface area contributed by atoms with Crippen LogP contribution < -0.4 is 0 Å². The van der Waals surface area contributed by atoms with E-state index in [1.807, 2.05) is 38.1 Å². The molecule has 1 N–H and O–H groups in total. The van der Waals surface area contributed by atoms with Crippen LogP contribution in [0.25, 0.3) is 0 Å². The predicted molar refractivity (Wildman–Crippen MR) is 76.4 cm³/mol. The fourth-order valence-electron chi connectivity index (χ4n) is 1.64. The van der Waals surface area contributed by atoms with E-state index in [1.165, 1.54) is 11.8 Å². The number of rotatable bonds is 7. The van der Waals surface area contributed by atoms with Crippen molar-refractivity contribution in [2.24, 2.45) is 0 Å². The Morgan fingerprint density at radius 1 is 1.32 bits per heavy atom. The van der Waals surface area contributed by atoms with Crippen LogP contribution in [0.1, 0.15) is 18.9 Å². The lowest BCUT2D eigenvalue weighted by Crippen LogP contribution is -2.34. The van der Waals surface area contributed by atoms with Crippen molar-refractivity contribution in [3.8, 4) is 0 Å². The van der Waals surface area contributed by atoms with Crippen molar-refractivity contribution in [2.75, 3.05) is 18.8 Å². The molecule has 1 amide bonds. The summed E-state index contributed by atoms with van der Waals surface area (Å²) in [7, 11) is 0. The Kier molecular flexibility index (Phi) is 6.42. The number of hydrogen-bond acceptors (Lipinski definition) is 3. The lowest BCUT2D eigenvalue weighted by molar-refractivity contribution is -0.138. The van der Waals surface area contributed by atoms with Crippen LogP contribution in [0.3, 0.4) is 0 Å². The third-order valence-corrected chi connectivity index (χ3v) is 3.94. The molecule has 1 rings (SSSR count). The molecule has 1 aromatic rings. The van der Waals surface area contributed by atoms with Gasteiger partial charge in [-0.15, -0.1) is 11.8 Å². The van der Waals surface area contributed by atoms with E-state index < -0.39 is 5.97 Å². The van der Waals surface area contributed by atoms with Crippen molar-refractivity contribution in [1.82, 2.24) is 4.90 Å². The number of hydrogen-bond donors (Lipinski definition) is 1. The van der Waals surface area contributed by atoms with E-state index in [4.69, 9.17) is 5.11 Å². The van der Waals surface area contributed by atoms with E-state index in [-0.39, 0.29) is 18.9 Å². The molecule has 0 unspecified atom stereocenters. The standard InChI is InChI=1S/C14H19NO3S/c1-3-15(9-8-14(17)18)13(16)10-19-12-7-5-4-6-11(12)2/h4-7H,3,8-10H2,1-2H3,(H,17,18). The van der Waals surface area contributed by atoms with Crippen molar-refractivity contribution < 1.29 is 14.7 Å². The van der Waals surface area contributed by atoms with E-state index in [0.717, 1.165) is 10.5 Å². The summed E-state index contributed by atoms with van der Waals surface area (Å²) >= 11 is 1.49. The Morgan fingerprint density at radius 3 is 2.58 bits per heavy atom. The van der Waals surface area contributed by atoms with Crippen LogP contribution in [0.5, 0.6) is 0 Å². The number of carboxylic acid groups (broad SMARTS) is 1. The molecule has 0 fully saturated rings. The molecule has 0 saturated heterocycles. The largest absolute Gasteiger partial charge is 0.481 e. The van der Waals surface area contributed by atoms with Gasteiger partial charge in [-0.3, -0.25) is 9.59 Å². The molecule has 0 atom stereocenters. The van der Waals surface area contributed by atoms with Gasteiger partial charge in [0.25, 0.3) is 0 Å². The van der Waals surface area contributed by atoms with Gasteiger partial charge in [-0.1, -0.05) is 18.2 Å². The summed E-state index contributed by atoms with van der Waals surface area (Å²) in [5.74, 6) is -0.548. The number of nitrogens with zero attached hydrogens (tertiary/aromatic N) is 1. The molecule has 0 heterocycles. The number of amides is 1. The first-order chi connectivity index (χ1) is 9.04. The number of thioether (sulfide) groups is 1. The summed E-state index contributed by atoms with van der Waals surface area (Å²) in [4.78, 5) is 25.2. The summed E-state index contributed by atoms with van der Waals surface area (Å²) in [6.07, 6.45) is -0.00535. The molecule has 0 aliphatic rings. The SMILES string of the molecule is CCN(CCC(=O)O)C(=O)CSc1ccccc1C. The molecule has 0 aliphatic carbocycles. The van der Waals surface area contributed by atoms with Crippen LogP contribution in [0.2, 0.25) is 0 Å². The van der Waals surface area contributed by atoms with Crippen LogP contribution in [0.4, 0.5) is 0 Å². The summed E-state index contributed by atoms with van der Waals surface area (Å²) in [6.45, 7) is 4.69. The van der Waals surface area contributed by atoms with Crippen LogP contribution in [0.15, 0.2) is 29.2 Å². The fraction of sp³-hybridized carbons (Fsp3) is 0.429. The zero-order chi connectivity index (χ0) is 14.3. The Labute approximate surface area is 117 Å². The second kappa shape index (κ2) is 7.84. The average molecular weight is 281 g/mol. The van der Waals surface area contributed by atoms with Gasteiger partial charge in [0.2, 0.25) is 5.91 Å². The second-order valence-corrected chi connectivity index (χ2v) is 5.19. The number of aliphatic carboxylic acids is 1. The van der Waals surface area contributed by atoms with Crippen molar-refractivity contribution in [1.29, 1.82) is 0 Å². The number of carbonyl (C=O) groups excluding carboxylic acids is 1. The molecular weight excluding hydrogens is 262 g/mol. The highest BCUT2D eigenvalue weighted by atomic mass is 32.2. The van der Waals surface area contributed by atoms with E-state index in [9.17, 15) is 9.59 Å². The number of aryl methyl sites for hydroxylation is 1. The van der Waals surface area contributed by atoms with Gasteiger partial charge < -0.3 is 10.0 Å². The van der Waals surface area contributed by atoms with Gasteiger partial charge in [-0.2, -0.15) is 0 Å². The first-order valence-corrected chi connectivity index (χ1v) is 7.21. The topological polar surface area (TPSA) is 57.6 Å². The van der Waals surface area contributed by atoms with Crippen LogP contribution in [-0.2, 0) is 9.59 Å². The van der Waals surface area contributed by atoms with E-state index >= 15 is 0 Å². The van der Waals surface area contributed by atoms with E-state index in [0.29, 0.717) is 12.3 Å². The van der Waals surface area contributed by atoms with Crippen LogP contribution in [-0.4, -0.2) is 40.7 Å². The van der Waals surface area contributed by atoms with Crippen molar-refractivity contribution in [3.63, 3.8) is 0 Å². The van der Waals surface area contributed by atoms with Gasteiger partial charge in [0, 0.05) is 18.0 Å². The number of benzene rings is 1. The Balaban J connectivity index is 2.49. The first-order valence-electron chi connectivity index (χ1n) is 6.22. The lowest BCUT2D eigenvalue weighted by Gasteiger charge is -2.19. The van der Waals surface area contributed by atoms with Crippen LogP contribution in [0, 0.1) is 6.92 Å². The zero-order valence-electron chi connectivity index (χ0n) is 11.3. The smallest absolute Gasteiger partial charge is 0.305 e. The maximum absolute atomic E-state index is 12.0. The molecule has 0 aromatic heterocycles. The maximum atomic E-state index is 12.0.